The third-order valence-electron chi connectivity index (χ3n) is 6.34. The minimum absolute atomic E-state index is 0.209. The molecule has 1 aliphatic rings. The van der Waals surface area contributed by atoms with Crippen molar-refractivity contribution >= 4 is 16.9 Å². The van der Waals surface area contributed by atoms with E-state index in [0.29, 0.717) is 19.1 Å². The molecule has 0 bridgehead atoms. The molecule has 1 aliphatic carbocycles. The summed E-state index contributed by atoms with van der Waals surface area (Å²) in [4.78, 5) is 19.6. The first-order chi connectivity index (χ1) is 15.1. The quantitative estimate of drug-likeness (QED) is 0.516. The molecule has 0 saturated heterocycles. The fourth-order valence-corrected chi connectivity index (χ4v) is 4.49. The summed E-state index contributed by atoms with van der Waals surface area (Å²) in [5, 5.41) is 0. The van der Waals surface area contributed by atoms with Gasteiger partial charge in [-0.1, -0.05) is 49.1 Å². The molecule has 0 unspecified atom stereocenters. The van der Waals surface area contributed by atoms with Gasteiger partial charge in [0.05, 0.1) is 17.6 Å². The van der Waals surface area contributed by atoms with Crippen LogP contribution < -0.4 is 4.74 Å². The third kappa shape index (κ3) is 5.27. The predicted molar refractivity (Wildman–Crippen MR) is 124 cm³/mol. The van der Waals surface area contributed by atoms with Crippen molar-refractivity contribution in [1.29, 1.82) is 0 Å². The molecule has 1 amide bonds. The summed E-state index contributed by atoms with van der Waals surface area (Å²) in [7, 11) is 1.93. The average Bonchev–Trinajstić information content (AvgIpc) is 3.16. The number of carbonyl (C=O) groups is 1. The van der Waals surface area contributed by atoms with Gasteiger partial charge in [-0.25, -0.2) is 4.98 Å². The molecule has 5 heteroatoms. The second-order valence-corrected chi connectivity index (χ2v) is 8.67. The second-order valence-electron chi connectivity index (χ2n) is 8.67. The Bertz CT molecular complexity index is 1000. The lowest BCUT2D eigenvalue weighted by Crippen LogP contribution is -2.35. The summed E-state index contributed by atoms with van der Waals surface area (Å²) in [6.07, 6.45) is 6.45. The first kappa shape index (κ1) is 21.4. The Hall–Kier alpha value is -2.82. The van der Waals surface area contributed by atoms with Crippen LogP contribution in [0.15, 0.2) is 48.5 Å². The number of hydrogen-bond acceptors (Lipinski definition) is 3. The number of imidazole rings is 1. The molecular formula is C26H33N3O2. The lowest BCUT2D eigenvalue weighted by molar-refractivity contribution is -0.135. The van der Waals surface area contributed by atoms with Crippen molar-refractivity contribution in [3.05, 3.63) is 59.9 Å². The van der Waals surface area contributed by atoms with E-state index in [1.165, 1.54) is 24.8 Å². The summed E-state index contributed by atoms with van der Waals surface area (Å²) < 4.78 is 8.21. The van der Waals surface area contributed by atoms with Gasteiger partial charge >= 0.3 is 0 Å². The van der Waals surface area contributed by atoms with Crippen LogP contribution in [0, 0.1) is 12.8 Å². The van der Waals surface area contributed by atoms with E-state index >= 15 is 0 Å². The van der Waals surface area contributed by atoms with Crippen LogP contribution in [0.4, 0.5) is 0 Å². The zero-order valence-electron chi connectivity index (χ0n) is 18.7. The Kier molecular flexibility index (Phi) is 6.90. The first-order valence-corrected chi connectivity index (χ1v) is 11.5. The van der Waals surface area contributed by atoms with E-state index in [1.807, 2.05) is 42.3 Å². The van der Waals surface area contributed by atoms with Crippen molar-refractivity contribution in [3.63, 3.8) is 0 Å². The predicted octanol–water partition coefficient (Wildman–Crippen LogP) is 5.00. The molecule has 0 spiro atoms. The van der Waals surface area contributed by atoms with Crippen LogP contribution in [-0.2, 0) is 17.8 Å². The smallest absolute Gasteiger partial charge is 0.225 e. The monoisotopic (exact) mass is 419 g/mol. The van der Waals surface area contributed by atoms with Crippen LogP contribution in [0.25, 0.3) is 11.0 Å². The van der Waals surface area contributed by atoms with Gasteiger partial charge in [0.25, 0.3) is 0 Å². The highest BCUT2D eigenvalue weighted by molar-refractivity contribution is 5.78. The van der Waals surface area contributed by atoms with E-state index in [1.54, 1.807) is 0 Å². The molecule has 3 aromatic rings. The maximum absolute atomic E-state index is 12.8. The highest BCUT2D eigenvalue weighted by Gasteiger charge is 2.24. The number of likely N-dealkylation sites (N-methyl/N-ethyl adjacent to an activating group) is 1. The van der Waals surface area contributed by atoms with Crippen molar-refractivity contribution in [2.45, 2.75) is 52.0 Å². The SMILES string of the molecule is Cc1ccc(OCCn2c(CCN(C)C(=O)C3CCCCC3)nc3ccccc32)cc1. The number of hydrogen-bond donors (Lipinski definition) is 0. The molecule has 0 radical (unpaired) electrons. The Morgan fingerprint density at radius 1 is 1.10 bits per heavy atom. The normalized spacial score (nSPS) is 14.6. The number of benzene rings is 2. The van der Waals surface area contributed by atoms with E-state index in [-0.39, 0.29) is 5.92 Å². The Morgan fingerprint density at radius 3 is 2.61 bits per heavy atom. The molecule has 5 nitrogen and oxygen atoms in total. The van der Waals surface area contributed by atoms with Crippen LogP contribution in [-0.4, -0.2) is 40.6 Å². The van der Waals surface area contributed by atoms with Gasteiger partial charge in [-0.05, 0) is 44.0 Å². The van der Waals surface area contributed by atoms with Crippen LogP contribution in [0.5, 0.6) is 5.75 Å². The Labute approximate surface area is 185 Å². The first-order valence-electron chi connectivity index (χ1n) is 11.5. The number of ether oxygens (including phenoxy) is 1. The molecule has 1 aromatic heterocycles. The summed E-state index contributed by atoms with van der Waals surface area (Å²) in [5.41, 5.74) is 3.34. The summed E-state index contributed by atoms with van der Waals surface area (Å²) in [6.45, 7) is 4.07. The van der Waals surface area contributed by atoms with Crippen molar-refractivity contribution in [2.24, 2.45) is 5.92 Å². The maximum Gasteiger partial charge on any atom is 0.225 e. The fourth-order valence-electron chi connectivity index (χ4n) is 4.49. The number of rotatable bonds is 8. The van der Waals surface area contributed by atoms with Gasteiger partial charge in [-0.15, -0.1) is 0 Å². The standard InChI is InChI=1S/C26H33N3O2/c1-20-12-14-22(15-13-20)31-19-18-29-24-11-7-6-10-23(24)27-25(29)16-17-28(2)26(30)21-8-4-3-5-9-21/h6-7,10-15,21H,3-5,8-9,16-19H2,1-2H3. The second kappa shape index (κ2) is 9.99. The Balaban J connectivity index is 1.41. The zero-order valence-corrected chi connectivity index (χ0v) is 18.7. The number of aryl methyl sites for hydroxylation is 1. The molecule has 4 rings (SSSR count). The molecule has 31 heavy (non-hydrogen) atoms. The molecule has 0 atom stereocenters. The molecule has 0 N–H and O–H groups in total. The number of carbonyl (C=O) groups excluding carboxylic acids is 1. The highest BCUT2D eigenvalue weighted by atomic mass is 16.5. The molecule has 164 valence electrons. The van der Waals surface area contributed by atoms with Crippen LogP contribution in [0.1, 0.15) is 43.5 Å². The average molecular weight is 420 g/mol. The van der Waals surface area contributed by atoms with E-state index in [9.17, 15) is 4.79 Å². The molecule has 2 aromatic carbocycles. The lowest BCUT2D eigenvalue weighted by Gasteiger charge is -2.26. The van der Waals surface area contributed by atoms with Crippen molar-refractivity contribution in [2.75, 3.05) is 20.2 Å². The Morgan fingerprint density at radius 2 is 1.84 bits per heavy atom. The van der Waals surface area contributed by atoms with Crippen molar-refractivity contribution in [3.8, 4) is 5.75 Å². The fraction of sp³-hybridized carbons (Fsp3) is 0.462. The van der Waals surface area contributed by atoms with Gasteiger partial charge in [0.15, 0.2) is 0 Å². The van der Waals surface area contributed by atoms with E-state index < -0.39 is 0 Å². The van der Waals surface area contributed by atoms with Crippen molar-refractivity contribution < 1.29 is 9.53 Å². The zero-order chi connectivity index (χ0) is 21.6. The van der Waals surface area contributed by atoms with E-state index in [2.05, 4.69) is 29.7 Å². The summed E-state index contributed by atoms with van der Waals surface area (Å²) in [5.74, 6) is 2.40. The molecule has 1 heterocycles. The van der Waals surface area contributed by atoms with Gasteiger partial charge in [-0.3, -0.25) is 4.79 Å². The number of amides is 1. The number of fused-ring (bicyclic) bond motifs is 1. The van der Waals surface area contributed by atoms with Crippen LogP contribution in [0.2, 0.25) is 0 Å². The minimum atomic E-state index is 0.209. The highest BCUT2D eigenvalue weighted by Crippen LogP contribution is 2.25. The van der Waals surface area contributed by atoms with Crippen LogP contribution in [0.3, 0.4) is 0 Å². The molecule has 1 saturated carbocycles. The number of aromatic nitrogens is 2. The molecular weight excluding hydrogens is 386 g/mol. The third-order valence-corrected chi connectivity index (χ3v) is 6.34. The minimum Gasteiger partial charge on any atom is -0.492 e. The number of nitrogens with zero attached hydrogens (tertiary/aromatic N) is 3. The van der Waals surface area contributed by atoms with Gasteiger partial charge < -0.3 is 14.2 Å². The topological polar surface area (TPSA) is 47.4 Å². The van der Waals surface area contributed by atoms with E-state index in [4.69, 9.17) is 9.72 Å². The van der Waals surface area contributed by atoms with Crippen molar-refractivity contribution in [1.82, 2.24) is 14.5 Å². The summed E-state index contributed by atoms with van der Waals surface area (Å²) in [6, 6.07) is 16.4. The molecule has 0 aliphatic heterocycles. The van der Waals surface area contributed by atoms with E-state index in [0.717, 1.165) is 48.4 Å². The van der Waals surface area contributed by atoms with Gasteiger partial charge in [0.2, 0.25) is 5.91 Å². The largest absolute Gasteiger partial charge is 0.492 e. The lowest BCUT2D eigenvalue weighted by atomic mass is 9.88. The summed E-state index contributed by atoms with van der Waals surface area (Å²) >= 11 is 0. The van der Waals surface area contributed by atoms with Crippen LogP contribution >= 0.6 is 0 Å². The maximum atomic E-state index is 12.8. The van der Waals surface area contributed by atoms with Gasteiger partial charge in [-0.2, -0.15) is 0 Å². The number of para-hydroxylation sites is 2. The van der Waals surface area contributed by atoms with Gasteiger partial charge in [0, 0.05) is 25.9 Å². The molecule has 1 fully saturated rings. The van der Waals surface area contributed by atoms with Gasteiger partial charge in [0.1, 0.15) is 18.2 Å².